The van der Waals surface area contributed by atoms with Crippen molar-refractivity contribution in [3.63, 3.8) is 0 Å². The summed E-state index contributed by atoms with van der Waals surface area (Å²) >= 11 is 0. The van der Waals surface area contributed by atoms with Crippen LogP contribution in [0.2, 0.25) is 0 Å². The SMILES string of the molecule is CCNC(CCc1ccc2c(c1)CCO2)C1(C)CCCO1. The van der Waals surface area contributed by atoms with Gasteiger partial charge in [0.25, 0.3) is 0 Å². The van der Waals surface area contributed by atoms with E-state index in [2.05, 4.69) is 37.4 Å². The van der Waals surface area contributed by atoms with E-state index >= 15 is 0 Å². The van der Waals surface area contributed by atoms with E-state index in [1.807, 2.05) is 0 Å². The second-order valence-corrected chi connectivity index (χ2v) is 6.45. The summed E-state index contributed by atoms with van der Waals surface area (Å²) in [6.07, 6.45) is 5.64. The third-order valence-corrected chi connectivity index (χ3v) is 4.91. The highest BCUT2D eigenvalue weighted by Crippen LogP contribution is 2.31. The van der Waals surface area contributed by atoms with Gasteiger partial charge in [-0.15, -0.1) is 0 Å². The molecule has 1 aromatic rings. The summed E-state index contributed by atoms with van der Waals surface area (Å²) < 4.78 is 11.6. The van der Waals surface area contributed by atoms with Gasteiger partial charge in [-0.05, 0) is 56.3 Å². The maximum absolute atomic E-state index is 6.04. The summed E-state index contributed by atoms with van der Waals surface area (Å²) in [7, 11) is 0. The van der Waals surface area contributed by atoms with Gasteiger partial charge in [-0.25, -0.2) is 0 Å². The first-order valence-corrected chi connectivity index (χ1v) is 8.33. The molecule has 0 amide bonds. The van der Waals surface area contributed by atoms with Crippen LogP contribution in [0.5, 0.6) is 5.75 Å². The van der Waals surface area contributed by atoms with Gasteiger partial charge in [-0.2, -0.15) is 0 Å². The number of rotatable bonds is 6. The van der Waals surface area contributed by atoms with Crippen LogP contribution in [-0.2, 0) is 17.6 Å². The molecule has 3 heteroatoms. The summed E-state index contributed by atoms with van der Waals surface area (Å²) in [5, 5.41) is 3.64. The smallest absolute Gasteiger partial charge is 0.122 e. The topological polar surface area (TPSA) is 30.5 Å². The van der Waals surface area contributed by atoms with Crippen molar-refractivity contribution in [1.82, 2.24) is 5.32 Å². The Morgan fingerprint density at radius 1 is 1.33 bits per heavy atom. The van der Waals surface area contributed by atoms with Crippen LogP contribution < -0.4 is 10.1 Å². The zero-order valence-electron chi connectivity index (χ0n) is 13.3. The first kappa shape index (κ1) is 14.9. The number of likely N-dealkylation sites (N-methyl/N-ethyl adjacent to an activating group) is 1. The van der Waals surface area contributed by atoms with Crippen LogP contribution in [0.15, 0.2) is 18.2 Å². The van der Waals surface area contributed by atoms with Crippen molar-refractivity contribution < 1.29 is 9.47 Å². The normalized spacial score (nSPS) is 25.6. The fourth-order valence-electron chi connectivity index (χ4n) is 3.65. The fraction of sp³-hybridized carbons (Fsp3) is 0.667. The number of hydrogen-bond acceptors (Lipinski definition) is 3. The molecule has 3 nitrogen and oxygen atoms in total. The first-order chi connectivity index (χ1) is 10.2. The first-order valence-electron chi connectivity index (χ1n) is 8.33. The van der Waals surface area contributed by atoms with Gasteiger partial charge in [0.05, 0.1) is 12.2 Å². The molecule has 0 bridgehead atoms. The number of nitrogens with one attached hydrogen (secondary N) is 1. The average molecular weight is 289 g/mol. The van der Waals surface area contributed by atoms with Gasteiger partial charge >= 0.3 is 0 Å². The molecule has 0 aromatic heterocycles. The molecule has 2 aliphatic rings. The molecule has 1 N–H and O–H groups in total. The van der Waals surface area contributed by atoms with Crippen molar-refractivity contribution in [3.05, 3.63) is 29.3 Å². The van der Waals surface area contributed by atoms with Crippen molar-refractivity contribution in [1.29, 1.82) is 0 Å². The Hall–Kier alpha value is -1.06. The lowest BCUT2D eigenvalue weighted by atomic mass is 9.88. The van der Waals surface area contributed by atoms with E-state index in [4.69, 9.17) is 9.47 Å². The quantitative estimate of drug-likeness (QED) is 0.873. The molecule has 1 aromatic carbocycles. The van der Waals surface area contributed by atoms with Crippen LogP contribution in [-0.4, -0.2) is 31.4 Å². The Balaban J connectivity index is 1.64. The molecule has 0 spiro atoms. The summed E-state index contributed by atoms with van der Waals surface area (Å²) in [5.74, 6) is 1.08. The van der Waals surface area contributed by atoms with Crippen LogP contribution in [0.25, 0.3) is 0 Å². The number of fused-ring (bicyclic) bond motifs is 1. The van der Waals surface area contributed by atoms with Gasteiger partial charge in [-0.3, -0.25) is 0 Å². The van der Waals surface area contributed by atoms with Gasteiger partial charge in [0.2, 0.25) is 0 Å². The molecule has 116 valence electrons. The second-order valence-electron chi connectivity index (χ2n) is 6.45. The van der Waals surface area contributed by atoms with E-state index in [9.17, 15) is 0 Å². The fourth-order valence-corrected chi connectivity index (χ4v) is 3.65. The standard InChI is InChI=1S/C18H27NO2/c1-3-19-17(18(2)10-4-11-21-18)8-6-14-5-7-16-15(13-14)9-12-20-16/h5,7,13,17,19H,3-4,6,8-12H2,1-2H3. The van der Waals surface area contributed by atoms with Crippen LogP contribution in [0.4, 0.5) is 0 Å². The summed E-state index contributed by atoms with van der Waals surface area (Å²) in [4.78, 5) is 0. The Morgan fingerprint density at radius 3 is 3.00 bits per heavy atom. The van der Waals surface area contributed by atoms with E-state index in [-0.39, 0.29) is 5.60 Å². The van der Waals surface area contributed by atoms with E-state index in [0.717, 1.165) is 44.8 Å². The molecule has 1 saturated heterocycles. The highest BCUT2D eigenvalue weighted by molar-refractivity contribution is 5.39. The van der Waals surface area contributed by atoms with E-state index in [1.165, 1.54) is 24.0 Å². The predicted molar refractivity (Wildman–Crippen MR) is 85.0 cm³/mol. The van der Waals surface area contributed by atoms with Crippen molar-refractivity contribution in [2.45, 2.75) is 57.6 Å². The van der Waals surface area contributed by atoms with Gasteiger partial charge < -0.3 is 14.8 Å². The number of aryl methyl sites for hydroxylation is 1. The second kappa shape index (κ2) is 6.37. The predicted octanol–water partition coefficient (Wildman–Crippen LogP) is 3.10. The largest absolute Gasteiger partial charge is 0.493 e. The monoisotopic (exact) mass is 289 g/mol. The molecule has 2 unspecified atom stereocenters. The lowest BCUT2D eigenvalue weighted by Crippen LogP contribution is -2.48. The molecule has 1 fully saturated rings. The minimum absolute atomic E-state index is 0.00977. The van der Waals surface area contributed by atoms with Gasteiger partial charge in [0, 0.05) is 19.1 Å². The zero-order chi connectivity index (χ0) is 14.7. The molecule has 0 aliphatic carbocycles. The third kappa shape index (κ3) is 3.24. The molecule has 2 aliphatic heterocycles. The summed E-state index contributed by atoms with van der Waals surface area (Å²) in [5.41, 5.74) is 2.80. The van der Waals surface area contributed by atoms with Crippen LogP contribution in [0, 0.1) is 0 Å². The van der Waals surface area contributed by atoms with Crippen molar-refractivity contribution >= 4 is 0 Å². The van der Waals surface area contributed by atoms with Crippen molar-refractivity contribution in [3.8, 4) is 5.75 Å². The van der Waals surface area contributed by atoms with E-state index < -0.39 is 0 Å². The maximum Gasteiger partial charge on any atom is 0.122 e. The Labute approximate surface area is 128 Å². The van der Waals surface area contributed by atoms with E-state index in [1.54, 1.807) is 0 Å². The Bertz CT molecular complexity index is 480. The minimum atomic E-state index is 0.00977. The van der Waals surface area contributed by atoms with Crippen molar-refractivity contribution in [2.75, 3.05) is 19.8 Å². The van der Waals surface area contributed by atoms with E-state index in [0.29, 0.717) is 6.04 Å². The molecule has 2 heterocycles. The Kier molecular flexibility index (Phi) is 4.51. The van der Waals surface area contributed by atoms with Crippen LogP contribution >= 0.6 is 0 Å². The van der Waals surface area contributed by atoms with Crippen molar-refractivity contribution in [2.24, 2.45) is 0 Å². The lowest BCUT2D eigenvalue weighted by molar-refractivity contribution is -0.0133. The summed E-state index contributed by atoms with van der Waals surface area (Å²) in [6, 6.07) is 7.11. The number of ether oxygens (including phenoxy) is 2. The van der Waals surface area contributed by atoms with Crippen LogP contribution in [0.3, 0.4) is 0 Å². The molecular weight excluding hydrogens is 262 g/mol. The average Bonchev–Trinajstić information content (AvgIpc) is 3.12. The minimum Gasteiger partial charge on any atom is -0.493 e. The molecule has 0 saturated carbocycles. The molecule has 2 atom stereocenters. The van der Waals surface area contributed by atoms with Gasteiger partial charge in [0.1, 0.15) is 5.75 Å². The zero-order valence-corrected chi connectivity index (χ0v) is 13.3. The molecule has 3 rings (SSSR count). The highest BCUT2D eigenvalue weighted by Gasteiger charge is 2.37. The highest BCUT2D eigenvalue weighted by atomic mass is 16.5. The molecule has 0 radical (unpaired) electrons. The third-order valence-electron chi connectivity index (χ3n) is 4.91. The molecule has 21 heavy (non-hydrogen) atoms. The van der Waals surface area contributed by atoms with Crippen LogP contribution in [0.1, 0.15) is 44.2 Å². The summed E-state index contributed by atoms with van der Waals surface area (Å²) in [6.45, 7) is 7.20. The Morgan fingerprint density at radius 2 is 2.24 bits per heavy atom. The van der Waals surface area contributed by atoms with Gasteiger partial charge in [-0.1, -0.05) is 19.1 Å². The molecular formula is C18H27NO2. The number of hydrogen-bond donors (Lipinski definition) is 1. The number of benzene rings is 1. The lowest BCUT2D eigenvalue weighted by Gasteiger charge is -2.34. The maximum atomic E-state index is 6.04. The van der Waals surface area contributed by atoms with Gasteiger partial charge in [0.15, 0.2) is 0 Å².